The Balaban J connectivity index is 1.56. The summed E-state index contributed by atoms with van der Waals surface area (Å²) in [6.07, 6.45) is 2.49. The summed E-state index contributed by atoms with van der Waals surface area (Å²) in [4.78, 5) is 26.3. The number of hydrogen-bond acceptors (Lipinski definition) is 6. The van der Waals surface area contributed by atoms with Gasteiger partial charge in [-0.15, -0.1) is 0 Å². The molecule has 2 aliphatic heterocycles. The van der Waals surface area contributed by atoms with Gasteiger partial charge < -0.3 is 14.5 Å². The van der Waals surface area contributed by atoms with Crippen LogP contribution in [0.4, 0.5) is 5.69 Å². The number of carbonyl (C=O) groups excluding carboxylic acids is 2. The van der Waals surface area contributed by atoms with Crippen LogP contribution >= 0.6 is 0 Å². The first-order chi connectivity index (χ1) is 15.2. The molecule has 2 aliphatic rings. The van der Waals surface area contributed by atoms with E-state index in [0.717, 1.165) is 6.42 Å². The maximum Gasteiger partial charge on any atom is 0.265 e. The zero-order valence-electron chi connectivity index (χ0n) is 18.1. The van der Waals surface area contributed by atoms with Crippen LogP contribution in [0.15, 0.2) is 45.9 Å². The molecule has 0 radical (unpaired) electrons. The largest absolute Gasteiger partial charge is 0.482 e. The van der Waals surface area contributed by atoms with Crippen molar-refractivity contribution < 1.29 is 27.2 Å². The van der Waals surface area contributed by atoms with Crippen molar-refractivity contribution in [3.8, 4) is 5.75 Å². The molecule has 2 atom stereocenters. The van der Waals surface area contributed by atoms with E-state index in [1.165, 1.54) is 27.6 Å². The van der Waals surface area contributed by atoms with Crippen LogP contribution < -0.4 is 15.0 Å². The average Bonchev–Trinajstić information content (AvgIpc) is 3.27. The van der Waals surface area contributed by atoms with Crippen LogP contribution in [-0.2, 0) is 26.2 Å². The molecule has 1 saturated heterocycles. The maximum absolute atomic E-state index is 13.3. The first-order valence-corrected chi connectivity index (χ1v) is 12.0. The third kappa shape index (κ3) is 4.66. The number of furan rings is 1. The molecule has 4 rings (SSSR count). The summed E-state index contributed by atoms with van der Waals surface area (Å²) in [7, 11) is -3.74. The predicted octanol–water partition coefficient (Wildman–Crippen LogP) is 1.99. The third-order valence-corrected chi connectivity index (χ3v) is 7.52. The van der Waals surface area contributed by atoms with E-state index in [-0.39, 0.29) is 42.1 Å². The maximum atomic E-state index is 13.3. The van der Waals surface area contributed by atoms with Crippen molar-refractivity contribution in [1.82, 2.24) is 9.62 Å². The highest BCUT2D eigenvalue weighted by atomic mass is 32.2. The Morgan fingerprint density at radius 1 is 1.19 bits per heavy atom. The van der Waals surface area contributed by atoms with Gasteiger partial charge >= 0.3 is 0 Å². The highest BCUT2D eigenvalue weighted by Crippen LogP contribution is 2.36. The van der Waals surface area contributed by atoms with E-state index in [9.17, 15) is 18.0 Å². The summed E-state index contributed by atoms with van der Waals surface area (Å²) in [6.45, 7) is 4.72. The van der Waals surface area contributed by atoms with Gasteiger partial charge in [0, 0.05) is 13.1 Å². The fourth-order valence-corrected chi connectivity index (χ4v) is 5.97. The second kappa shape index (κ2) is 8.95. The Bertz CT molecular complexity index is 1090. The lowest BCUT2D eigenvalue weighted by Gasteiger charge is -2.34. The number of rotatable bonds is 6. The Hall–Kier alpha value is -2.85. The molecule has 1 aromatic heterocycles. The lowest BCUT2D eigenvalue weighted by atomic mass is 9.94. The van der Waals surface area contributed by atoms with Gasteiger partial charge in [-0.25, -0.2) is 8.42 Å². The molecule has 32 heavy (non-hydrogen) atoms. The van der Waals surface area contributed by atoms with Crippen molar-refractivity contribution in [2.45, 2.75) is 31.7 Å². The predicted molar refractivity (Wildman–Crippen MR) is 117 cm³/mol. The minimum Gasteiger partial charge on any atom is -0.482 e. The molecule has 0 aliphatic carbocycles. The number of amides is 2. The topological polar surface area (TPSA) is 109 Å². The number of sulfonamides is 1. The first kappa shape index (κ1) is 22.3. The van der Waals surface area contributed by atoms with E-state index in [1.807, 2.05) is 13.8 Å². The van der Waals surface area contributed by atoms with E-state index in [1.54, 1.807) is 18.2 Å². The summed E-state index contributed by atoms with van der Waals surface area (Å²) >= 11 is 0. The molecule has 2 amide bonds. The molecule has 172 valence electrons. The van der Waals surface area contributed by atoms with Gasteiger partial charge in [0.15, 0.2) is 6.61 Å². The van der Waals surface area contributed by atoms with E-state index in [2.05, 4.69) is 5.32 Å². The number of hydrogen-bond donors (Lipinski definition) is 1. The Kier molecular flexibility index (Phi) is 6.25. The van der Waals surface area contributed by atoms with Crippen LogP contribution in [-0.4, -0.2) is 50.8 Å². The van der Waals surface area contributed by atoms with Crippen molar-refractivity contribution in [2.75, 3.05) is 31.1 Å². The standard InChI is InChI=1S/C22H27N3O6S/c1-15-8-16(2)12-24(11-15)32(28,29)18-5-6-20-19(9-18)25(22(27)14-31-20)13-21(26)23-10-17-4-3-7-30-17/h3-7,9,15-16H,8,10-14H2,1-2H3,(H,23,26). The van der Waals surface area contributed by atoms with Gasteiger partial charge in [-0.3, -0.25) is 14.5 Å². The number of ether oxygens (including phenoxy) is 1. The van der Waals surface area contributed by atoms with E-state index < -0.39 is 21.8 Å². The van der Waals surface area contributed by atoms with Gasteiger partial charge in [0.25, 0.3) is 5.91 Å². The minimum atomic E-state index is -3.74. The smallest absolute Gasteiger partial charge is 0.265 e. The van der Waals surface area contributed by atoms with Gasteiger partial charge in [-0.05, 0) is 48.6 Å². The summed E-state index contributed by atoms with van der Waals surface area (Å²) in [5, 5.41) is 2.70. The van der Waals surface area contributed by atoms with Gasteiger partial charge in [0.05, 0.1) is 23.4 Å². The van der Waals surface area contributed by atoms with Crippen LogP contribution in [0.2, 0.25) is 0 Å². The number of nitrogens with one attached hydrogen (secondary N) is 1. The fraction of sp³-hybridized carbons (Fsp3) is 0.455. The number of piperidine rings is 1. The summed E-state index contributed by atoms with van der Waals surface area (Å²) in [5.74, 6) is 0.680. The third-order valence-electron chi connectivity index (χ3n) is 5.69. The van der Waals surface area contributed by atoms with Gasteiger partial charge in [0.1, 0.15) is 18.1 Å². The van der Waals surface area contributed by atoms with Gasteiger partial charge in [-0.2, -0.15) is 4.31 Å². The van der Waals surface area contributed by atoms with Crippen molar-refractivity contribution in [3.05, 3.63) is 42.4 Å². The summed E-state index contributed by atoms with van der Waals surface area (Å²) < 4.78 is 38.8. The van der Waals surface area contributed by atoms with Crippen molar-refractivity contribution in [1.29, 1.82) is 0 Å². The fourth-order valence-electron chi connectivity index (χ4n) is 4.27. The van der Waals surface area contributed by atoms with Crippen molar-refractivity contribution in [3.63, 3.8) is 0 Å². The SMILES string of the molecule is CC1CC(C)CN(S(=O)(=O)c2ccc3c(c2)N(CC(=O)NCc2ccco2)C(=O)CO3)C1. The van der Waals surface area contributed by atoms with Crippen LogP contribution in [0.5, 0.6) is 5.75 Å². The molecule has 9 nitrogen and oxygen atoms in total. The van der Waals surface area contributed by atoms with Crippen molar-refractivity contribution in [2.24, 2.45) is 11.8 Å². The Morgan fingerprint density at radius 3 is 2.62 bits per heavy atom. The van der Waals surface area contributed by atoms with Crippen molar-refractivity contribution >= 4 is 27.5 Å². The van der Waals surface area contributed by atoms with Crippen LogP contribution in [0.25, 0.3) is 0 Å². The number of carbonyl (C=O) groups is 2. The molecule has 1 aromatic carbocycles. The number of nitrogens with zero attached hydrogens (tertiary/aromatic N) is 2. The average molecular weight is 462 g/mol. The lowest BCUT2D eigenvalue weighted by Crippen LogP contribution is -2.45. The molecule has 1 N–H and O–H groups in total. The molecule has 0 bridgehead atoms. The molecule has 0 saturated carbocycles. The molecule has 2 aromatic rings. The van der Waals surface area contributed by atoms with Crippen LogP contribution in [0.1, 0.15) is 26.0 Å². The highest BCUT2D eigenvalue weighted by molar-refractivity contribution is 7.89. The number of anilines is 1. The van der Waals surface area contributed by atoms with E-state index in [0.29, 0.717) is 24.6 Å². The second-order valence-electron chi connectivity index (χ2n) is 8.52. The molecule has 10 heteroatoms. The van der Waals surface area contributed by atoms with Crippen LogP contribution in [0.3, 0.4) is 0 Å². The lowest BCUT2D eigenvalue weighted by molar-refractivity contribution is -0.125. The highest BCUT2D eigenvalue weighted by Gasteiger charge is 2.34. The van der Waals surface area contributed by atoms with Crippen LogP contribution in [0, 0.1) is 11.8 Å². The zero-order valence-corrected chi connectivity index (χ0v) is 18.9. The van der Waals surface area contributed by atoms with Gasteiger partial charge in [-0.1, -0.05) is 13.8 Å². The summed E-state index contributed by atoms with van der Waals surface area (Å²) in [5.41, 5.74) is 0.272. The Labute approximate surface area is 187 Å². The quantitative estimate of drug-likeness (QED) is 0.705. The Morgan fingerprint density at radius 2 is 1.94 bits per heavy atom. The second-order valence-corrected chi connectivity index (χ2v) is 10.5. The zero-order chi connectivity index (χ0) is 22.9. The molecule has 2 unspecified atom stereocenters. The van der Waals surface area contributed by atoms with Gasteiger partial charge in [0.2, 0.25) is 15.9 Å². The number of benzene rings is 1. The normalized spacial score (nSPS) is 21.7. The molecular weight excluding hydrogens is 434 g/mol. The molecule has 3 heterocycles. The molecule has 1 fully saturated rings. The summed E-state index contributed by atoms with van der Waals surface area (Å²) in [6, 6.07) is 7.90. The molecule has 0 spiro atoms. The molecular formula is C22H27N3O6S. The first-order valence-electron chi connectivity index (χ1n) is 10.6. The number of fused-ring (bicyclic) bond motifs is 1. The minimum absolute atomic E-state index is 0.0804. The van der Waals surface area contributed by atoms with E-state index >= 15 is 0 Å². The van der Waals surface area contributed by atoms with E-state index in [4.69, 9.17) is 9.15 Å². The monoisotopic (exact) mass is 461 g/mol.